The second-order valence-electron chi connectivity index (χ2n) is 5.63. The lowest BCUT2D eigenvalue weighted by atomic mass is 10.1. The smallest absolute Gasteiger partial charge is 0.122 e. The molecule has 0 atom stereocenters. The Bertz CT molecular complexity index is 400. The summed E-state index contributed by atoms with van der Waals surface area (Å²) in [5.74, 6) is 1.04. The Labute approximate surface area is 122 Å². The van der Waals surface area contributed by atoms with Crippen molar-refractivity contribution in [3.63, 3.8) is 0 Å². The summed E-state index contributed by atoms with van der Waals surface area (Å²) in [6.07, 6.45) is 3.64. The number of hydrogen-bond donors (Lipinski definition) is 0. The van der Waals surface area contributed by atoms with E-state index in [0.717, 1.165) is 45.1 Å². The SMILES string of the molecule is Cc1ccc(C)c(OCCCCCN2CCOCC2)c1. The first-order chi connectivity index (χ1) is 9.75. The standard InChI is InChI=1S/C17H27NO2/c1-15-6-7-16(2)17(14-15)20-11-5-3-4-8-18-9-12-19-13-10-18/h6-7,14H,3-5,8-13H2,1-2H3. The minimum Gasteiger partial charge on any atom is -0.493 e. The van der Waals surface area contributed by atoms with E-state index >= 15 is 0 Å². The summed E-state index contributed by atoms with van der Waals surface area (Å²) in [5, 5.41) is 0. The van der Waals surface area contributed by atoms with Gasteiger partial charge >= 0.3 is 0 Å². The van der Waals surface area contributed by atoms with Crippen LogP contribution in [0, 0.1) is 13.8 Å². The molecule has 20 heavy (non-hydrogen) atoms. The molecule has 2 rings (SSSR count). The van der Waals surface area contributed by atoms with Crippen molar-refractivity contribution in [3.8, 4) is 5.75 Å². The van der Waals surface area contributed by atoms with E-state index in [4.69, 9.17) is 9.47 Å². The van der Waals surface area contributed by atoms with Crippen molar-refractivity contribution in [2.75, 3.05) is 39.5 Å². The van der Waals surface area contributed by atoms with Crippen LogP contribution in [0.1, 0.15) is 30.4 Å². The molecule has 112 valence electrons. The van der Waals surface area contributed by atoms with Crippen LogP contribution in [0.2, 0.25) is 0 Å². The number of nitrogens with zero attached hydrogens (tertiary/aromatic N) is 1. The highest BCUT2D eigenvalue weighted by Crippen LogP contribution is 2.19. The quantitative estimate of drug-likeness (QED) is 0.715. The van der Waals surface area contributed by atoms with E-state index < -0.39 is 0 Å². The van der Waals surface area contributed by atoms with Crippen molar-refractivity contribution in [2.24, 2.45) is 0 Å². The zero-order valence-corrected chi connectivity index (χ0v) is 12.9. The van der Waals surface area contributed by atoms with Crippen LogP contribution in [0.3, 0.4) is 0 Å². The van der Waals surface area contributed by atoms with Crippen molar-refractivity contribution < 1.29 is 9.47 Å². The molecule has 0 aliphatic carbocycles. The van der Waals surface area contributed by atoms with E-state index in [-0.39, 0.29) is 0 Å². The number of hydrogen-bond acceptors (Lipinski definition) is 3. The predicted molar refractivity (Wildman–Crippen MR) is 82.5 cm³/mol. The molecule has 1 fully saturated rings. The zero-order valence-electron chi connectivity index (χ0n) is 12.9. The summed E-state index contributed by atoms with van der Waals surface area (Å²) >= 11 is 0. The minimum atomic E-state index is 0.827. The molecule has 1 heterocycles. The van der Waals surface area contributed by atoms with Crippen LogP contribution in [-0.2, 0) is 4.74 Å². The largest absolute Gasteiger partial charge is 0.493 e. The minimum absolute atomic E-state index is 0.827. The van der Waals surface area contributed by atoms with Crippen LogP contribution in [-0.4, -0.2) is 44.4 Å². The van der Waals surface area contributed by atoms with Crippen molar-refractivity contribution in [1.29, 1.82) is 0 Å². The van der Waals surface area contributed by atoms with Crippen LogP contribution < -0.4 is 4.74 Å². The topological polar surface area (TPSA) is 21.7 Å². The molecule has 1 saturated heterocycles. The van der Waals surface area contributed by atoms with E-state index in [0.29, 0.717) is 0 Å². The van der Waals surface area contributed by atoms with Gasteiger partial charge in [0.25, 0.3) is 0 Å². The maximum Gasteiger partial charge on any atom is 0.122 e. The molecule has 0 amide bonds. The molecular formula is C17H27NO2. The lowest BCUT2D eigenvalue weighted by Gasteiger charge is -2.26. The number of rotatable bonds is 7. The molecule has 0 radical (unpaired) electrons. The third kappa shape index (κ3) is 5.14. The Kier molecular flexibility index (Phi) is 6.34. The van der Waals surface area contributed by atoms with Gasteiger partial charge in [-0.3, -0.25) is 4.90 Å². The lowest BCUT2D eigenvalue weighted by molar-refractivity contribution is 0.0370. The van der Waals surface area contributed by atoms with Gasteiger partial charge in [-0.25, -0.2) is 0 Å². The van der Waals surface area contributed by atoms with Gasteiger partial charge in [0.1, 0.15) is 5.75 Å². The average molecular weight is 277 g/mol. The Morgan fingerprint density at radius 3 is 2.70 bits per heavy atom. The van der Waals surface area contributed by atoms with E-state index in [1.54, 1.807) is 0 Å². The third-order valence-corrected chi connectivity index (χ3v) is 3.82. The van der Waals surface area contributed by atoms with Gasteiger partial charge in [0.05, 0.1) is 19.8 Å². The molecule has 0 bridgehead atoms. The van der Waals surface area contributed by atoms with Gasteiger partial charge in [0.2, 0.25) is 0 Å². The molecule has 0 N–H and O–H groups in total. The van der Waals surface area contributed by atoms with Crippen LogP contribution in [0.15, 0.2) is 18.2 Å². The normalized spacial score (nSPS) is 16.3. The average Bonchev–Trinajstić information content (AvgIpc) is 2.47. The first-order valence-electron chi connectivity index (χ1n) is 7.76. The molecule has 3 nitrogen and oxygen atoms in total. The first kappa shape index (κ1) is 15.3. The number of aryl methyl sites for hydroxylation is 2. The zero-order chi connectivity index (χ0) is 14.2. The van der Waals surface area contributed by atoms with Gasteiger partial charge in [-0.15, -0.1) is 0 Å². The number of unbranched alkanes of at least 4 members (excludes halogenated alkanes) is 2. The highest BCUT2D eigenvalue weighted by Gasteiger charge is 2.08. The molecule has 0 unspecified atom stereocenters. The molecule has 0 aromatic heterocycles. The molecule has 3 heteroatoms. The summed E-state index contributed by atoms with van der Waals surface area (Å²) in [7, 11) is 0. The monoisotopic (exact) mass is 277 g/mol. The third-order valence-electron chi connectivity index (χ3n) is 3.82. The Hall–Kier alpha value is -1.06. The van der Waals surface area contributed by atoms with Crippen molar-refractivity contribution >= 4 is 0 Å². The Morgan fingerprint density at radius 2 is 1.90 bits per heavy atom. The highest BCUT2D eigenvalue weighted by molar-refractivity contribution is 5.35. The summed E-state index contributed by atoms with van der Waals surface area (Å²) in [6.45, 7) is 10.2. The van der Waals surface area contributed by atoms with Crippen molar-refractivity contribution in [1.82, 2.24) is 4.90 Å². The molecule has 1 aromatic carbocycles. The van der Waals surface area contributed by atoms with Gasteiger partial charge in [-0.2, -0.15) is 0 Å². The molecular weight excluding hydrogens is 250 g/mol. The molecule has 1 aliphatic heterocycles. The molecule has 1 aromatic rings. The van der Waals surface area contributed by atoms with Crippen LogP contribution >= 0.6 is 0 Å². The summed E-state index contributed by atoms with van der Waals surface area (Å²) in [5.41, 5.74) is 2.49. The molecule has 1 aliphatic rings. The highest BCUT2D eigenvalue weighted by atomic mass is 16.5. The Balaban J connectivity index is 1.56. The predicted octanol–water partition coefficient (Wildman–Crippen LogP) is 3.18. The summed E-state index contributed by atoms with van der Waals surface area (Å²) in [4.78, 5) is 2.50. The van der Waals surface area contributed by atoms with Crippen LogP contribution in [0.4, 0.5) is 0 Å². The number of morpholine rings is 1. The fourth-order valence-electron chi connectivity index (χ4n) is 2.48. The molecule has 0 saturated carbocycles. The van der Waals surface area contributed by atoms with E-state index in [1.165, 1.54) is 30.5 Å². The number of ether oxygens (including phenoxy) is 2. The Morgan fingerprint density at radius 1 is 1.10 bits per heavy atom. The van der Waals surface area contributed by atoms with Gasteiger partial charge in [-0.05, 0) is 56.8 Å². The van der Waals surface area contributed by atoms with Gasteiger partial charge in [-0.1, -0.05) is 12.1 Å². The van der Waals surface area contributed by atoms with E-state index in [9.17, 15) is 0 Å². The van der Waals surface area contributed by atoms with Crippen molar-refractivity contribution in [2.45, 2.75) is 33.1 Å². The fraction of sp³-hybridized carbons (Fsp3) is 0.647. The van der Waals surface area contributed by atoms with Crippen LogP contribution in [0.5, 0.6) is 5.75 Å². The second-order valence-corrected chi connectivity index (χ2v) is 5.63. The van der Waals surface area contributed by atoms with Crippen molar-refractivity contribution in [3.05, 3.63) is 29.3 Å². The van der Waals surface area contributed by atoms with Gasteiger partial charge in [0.15, 0.2) is 0 Å². The number of benzene rings is 1. The lowest BCUT2D eigenvalue weighted by Crippen LogP contribution is -2.36. The molecule has 0 spiro atoms. The van der Waals surface area contributed by atoms with Gasteiger partial charge < -0.3 is 9.47 Å². The van der Waals surface area contributed by atoms with E-state index in [1.807, 2.05) is 0 Å². The van der Waals surface area contributed by atoms with Gasteiger partial charge in [0, 0.05) is 13.1 Å². The summed E-state index contributed by atoms with van der Waals surface area (Å²) < 4.78 is 11.2. The maximum absolute atomic E-state index is 5.88. The first-order valence-corrected chi connectivity index (χ1v) is 7.76. The van der Waals surface area contributed by atoms with E-state index in [2.05, 4.69) is 36.9 Å². The fourth-order valence-corrected chi connectivity index (χ4v) is 2.48. The summed E-state index contributed by atoms with van der Waals surface area (Å²) in [6, 6.07) is 6.39. The van der Waals surface area contributed by atoms with Crippen LogP contribution in [0.25, 0.3) is 0 Å². The second kappa shape index (κ2) is 8.28. The maximum atomic E-state index is 5.88.